The summed E-state index contributed by atoms with van der Waals surface area (Å²) in [5.41, 5.74) is -2.28. The Labute approximate surface area is 234 Å². The van der Waals surface area contributed by atoms with E-state index in [2.05, 4.69) is 15.3 Å². The van der Waals surface area contributed by atoms with E-state index < -0.39 is 65.7 Å². The second-order valence-electron chi connectivity index (χ2n) is 10.3. The Morgan fingerprint density at radius 2 is 1.80 bits per heavy atom. The molecular weight excluding hydrogens is 580 g/mol. The molecule has 5 rings (SSSR count). The van der Waals surface area contributed by atoms with Gasteiger partial charge in [0.1, 0.15) is 17.6 Å². The minimum atomic E-state index is -5.04. The quantitative estimate of drug-likeness (QED) is 0.404. The van der Waals surface area contributed by atoms with Crippen molar-refractivity contribution in [1.82, 2.24) is 20.2 Å². The van der Waals surface area contributed by atoms with Crippen LogP contribution in [0.4, 0.5) is 32.2 Å². The standard InChI is InChI=1S/C25H27F6N5O4S/c1-2-17(25(29,30)31)34-18-7-14(24(26,27)28)13(8-32-18)20-19(23(39)36-11-3-4-12(36)6-5-11)35-22(41-20)21(38)33-15-9-40-10-16(15)37/h7-8,11-12,15-17,37H,2-6,9-10H2,1H3,(H,32,34)(H,33,38)/t11-,12-,15-,16-,17+/m1/s1. The number of alkyl halides is 6. The van der Waals surface area contributed by atoms with Crippen LogP contribution >= 0.6 is 11.3 Å². The number of aromatic nitrogens is 2. The maximum Gasteiger partial charge on any atom is 0.417 e. The van der Waals surface area contributed by atoms with Crippen molar-refractivity contribution in [3.8, 4) is 10.4 Å². The second-order valence-corrected chi connectivity index (χ2v) is 11.3. The first-order chi connectivity index (χ1) is 19.3. The first-order valence-electron chi connectivity index (χ1n) is 13.1. The lowest BCUT2D eigenvalue weighted by molar-refractivity contribution is -0.142. The molecule has 0 radical (unpaired) electrons. The lowest BCUT2D eigenvalue weighted by Crippen LogP contribution is -2.42. The highest BCUT2D eigenvalue weighted by molar-refractivity contribution is 7.17. The molecule has 5 heterocycles. The van der Waals surface area contributed by atoms with Crippen molar-refractivity contribution >= 4 is 29.0 Å². The number of amides is 2. The number of carbonyl (C=O) groups is 2. The number of thiazole rings is 1. The number of carbonyl (C=O) groups excluding carboxylic acids is 2. The van der Waals surface area contributed by atoms with Crippen LogP contribution in [-0.2, 0) is 10.9 Å². The summed E-state index contributed by atoms with van der Waals surface area (Å²) >= 11 is 0.541. The molecule has 2 bridgehead atoms. The summed E-state index contributed by atoms with van der Waals surface area (Å²) < 4.78 is 87.8. The van der Waals surface area contributed by atoms with Crippen LogP contribution in [0.3, 0.4) is 0 Å². The van der Waals surface area contributed by atoms with E-state index in [-0.39, 0.29) is 40.9 Å². The van der Waals surface area contributed by atoms with Crippen molar-refractivity contribution in [2.75, 3.05) is 18.5 Å². The van der Waals surface area contributed by atoms with Gasteiger partial charge < -0.3 is 25.4 Å². The Morgan fingerprint density at radius 3 is 2.34 bits per heavy atom. The molecule has 0 unspecified atom stereocenters. The monoisotopic (exact) mass is 607 g/mol. The molecule has 41 heavy (non-hydrogen) atoms. The smallest absolute Gasteiger partial charge is 0.388 e. The van der Waals surface area contributed by atoms with Gasteiger partial charge in [0.15, 0.2) is 5.01 Å². The normalized spacial score (nSPS) is 25.0. The molecule has 0 saturated carbocycles. The topological polar surface area (TPSA) is 117 Å². The molecule has 16 heteroatoms. The average molecular weight is 608 g/mol. The fourth-order valence-electron chi connectivity index (χ4n) is 5.57. The molecule has 224 valence electrons. The Bertz CT molecular complexity index is 1300. The van der Waals surface area contributed by atoms with Crippen LogP contribution in [0.15, 0.2) is 12.3 Å². The molecule has 2 amide bonds. The van der Waals surface area contributed by atoms with Crippen LogP contribution in [0.2, 0.25) is 0 Å². The van der Waals surface area contributed by atoms with Crippen molar-refractivity contribution in [1.29, 1.82) is 0 Å². The van der Waals surface area contributed by atoms with E-state index in [1.165, 1.54) is 6.92 Å². The molecule has 3 saturated heterocycles. The number of hydrogen-bond donors (Lipinski definition) is 3. The molecule has 3 atom stereocenters. The molecule has 0 aromatic carbocycles. The minimum Gasteiger partial charge on any atom is -0.388 e. The van der Waals surface area contributed by atoms with Crippen LogP contribution in [0.25, 0.3) is 10.4 Å². The predicted octanol–water partition coefficient (Wildman–Crippen LogP) is 4.23. The van der Waals surface area contributed by atoms with Gasteiger partial charge in [0.2, 0.25) is 0 Å². The second kappa shape index (κ2) is 11.0. The third-order valence-electron chi connectivity index (χ3n) is 7.66. The first kappa shape index (κ1) is 29.5. The maximum atomic E-state index is 14.3. The van der Waals surface area contributed by atoms with E-state index in [0.717, 1.165) is 31.9 Å². The molecule has 9 nitrogen and oxygen atoms in total. The Balaban J connectivity index is 1.56. The van der Waals surface area contributed by atoms with Crippen LogP contribution < -0.4 is 10.6 Å². The lowest BCUT2D eigenvalue weighted by atomic mass is 10.0. The third kappa shape index (κ3) is 5.86. The number of nitrogens with zero attached hydrogens (tertiary/aromatic N) is 3. The highest BCUT2D eigenvalue weighted by atomic mass is 32.1. The van der Waals surface area contributed by atoms with Crippen LogP contribution in [0.1, 0.15) is 64.9 Å². The van der Waals surface area contributed by atoms with Gasteiger partial charge in [-0.25, -0.2) is 9.97 Å². The molecule has 3 aliphatic rings. The fraction of sp³-hybridized carbons (Fsp3) is 0.600. The fourth-order valence-corrected chi connectivity index (χ4v) is 6.55. The number of fused-ring (bicyclic) bond motifs is 2. The molecular formula is C25H27F6N5O4S. The number of pyridine rings is 1. The van der Waals surface area contributed by atoms with Crippen LogP contribution in [0.5, 0.6) is 0 Å². The van der Waals surface area contributed by atoms with E-state index in [1.807, 2.05) is 5.32 Å². The third-order valence-corrected chi connectivity index (χ3v) is 8.75. The number of aliphatic hydroxyl groups is 1. The number of hydrogen-bond acceptors (Lipinski definition) is 8. The number of aliphatic hydroxyl groups excluding tert-OH is 1. The lowest BCUT2D eigenvalue weighted by Gasteiger charge is -2.23. The van der Waals surface area contributed by atoms with Crippen LogP contribution in [0, 0.1) is 0 Å². The maximum absolute atomic E-state index is 14.3. The van der Waals surface area contributed by atoms with Crippen molar-refractivity contribution in [2.24, 2.45) is 0 Å². The summed E-state index contributed by atoms with van der Waals surface area (Å²) in [6.07, 6.45) is -7.48. The molecule has 0 spiro atoms. The summed E-state index contributed by atoms with van der Waals surface area (Å²) in [5.74, 6) is -2.08. The first-order valence-corrected chi connectivity index (χ1v) is 13.9. The van der Waals surface area contributed by atoms with Gasteiger partial charge in [-0.05, 0) is 38.2 Å². The highest BCUT2D eigenvalue weighted by Gasteiger charge is 2.45. The Hall–Kier alpha value is -2.98. The van der Waals surface area contributed by atoms with Crippen LogP contribution in [-0.4, -0.2) is 81.5 Å². The SMILES string of the molecule is CC[C@H](Nc1cc(C(F)(F)F)c(-c2sc(C(=O)N[C@@H]3COC[C@H]3O)nc2C(=O)N2[C@H]3CC[C@H]2CC3)cn1)C(F)(F)F. The number of rotatable bonds is 7. The van der Waals surface area contributed by atoms with Crippen molar-refractivity contribution in [3.05, 3.63) is 28.5 Å². The molecule has 2 aromatic heterocycles. The van der Waals surface area contributed by atoms with Gasteiger partial charge in [-0.2, -0.15) is 26.3 Å². The van der Waals surface area contributed by atoms with Gasteiger partial charge in [0, 0.05) is 23.8 Å². The summed E-state index contributed by atoms with van der Waals surface area (Å²) in [6.45, 7) is 1.24. The van der Waals surface area contributed by atoms with Gasteiger partial charge in [-0.3, -0.25) is 9.59 Å². The summed E-state index contributed by atoms with van der Waals surface area (Å²) in [6, 6.07) is -2.63. The van der Waals surface area contributed by atoms with Gasteiger partial charge >= 0.3 is 12.4 Å². The number of ether oxygens (including phenoxy) is 1. The van der Waals surface area contributed by atoms with Gasteiger partial charge in [-0.1, -0.05) is 6.92 Å². The Morgan fingerprint density at radius 1 is 1.15 bits per heavy atom. The number of nitrogens with one attached hydrogen (secondary N) is 2. The summed E-state index contributed by atoms with van der Waals surface area (Å²) in [7, 11) is 0. The van der Waals surface area contributed by atoms with E-state index >= 15 is 0 Å². The zero-order valence-electron chi connectivity index (χ0n) is 21.7. The zero-order valence-corrected chi connectivity index (χ0v) is 22.5. The molecule has 2 aromatic rings. The number of halogens is 6. The molecule has 3 aliphatic heterocycles. The molecule has 3 N–H and O–H groups in total. The van der Waals surface area contributed by atoms with E-state index in [1.54, 1.807) is 4.90 Å². The van der Waals surface area contributed by atoms with Crippen molar-refractivity contribution in [3.63, 3.8) is 0 Å². The highest BCUT2D eigenvalue weighted by Crippen LogP contribution is 2.44. The van der Waals surface area contributed by atoms with E-state index in [4.69, 9.17) is 4.74 Å². The largest absolute Gasteiger partial charge is 0.417 e. The molecule has 3 fully saturated rings. The van der Waals surface area contributed by atoms with Gasteiger partial charge in [-0.15, -0.1) is 11.3 Å². The predicted molar refractivity (Wildman–Crippen MR) is 134 cm³/mol. The summed E-state index contributed by atoms with van der Waals surface area (Å²) in [5, 5.41) is 14.2. The summed E-state index contributed by atoms with van der Waals surface area (Å²) in [4.78, 5) is 36.0. The van der Waals surface area contributed by atoms with Gasteiger partial charge in [0.25, 0.3) is 11.8 Å². The van der Waals surface area contributed by atoms with Crippen molar-refractivity contribution in [2.45, 2.75) is 81.7 Å². The van der Waals surface area contributed by atoms with Gasteiger partial charge in [0.05, 0.1) is 35.8 Å². The minimum absolute atomic E-state index is 0.0102. The molecule has 0 aliphatic carbocycles. The van der Waals surface area contributed by atoms with E-state index in [0.29, 0.717) is 17.4 Å². The van der Waals surface area contributed by atoms with E-state index in [9.17, 15) is 41.0 Å². The van der Waals surface area contributed by atoms with Crippen molar-refractivity contribution < 1.29 is 45.8 Å². The average Bonchev–Trinajstić information content (AvgIpc) is 3.70. The zero-order chi connectivity index (χ0) is 29.7. The Kier molecular flexibility index (Phi) is 7.93. The number of anilines is 1.